The van der Waals surface area contributed by atoms with Gasteiger partial charge in [0.15, 0.2) is 5.69 Å². The molecule has 2 rings (SSSR count). The van der Waals surface area contributed by atoms with E-state index in [0.717, 1.165) is 17.7 Å². The van der Waals surface area contributed by atoms with Gasteiger partial charge in [-0.25, -0.2) is 9.59 Å². The maximum absolute atomic E-state index is 12.0. The molecule has 0 bridgehead atoms. The molecule has 0 saturated carbocycles. The van der Waals surface area contributed by atoms with Crippen LogP contribution in [-0.2, 0) is 4.74 Å². The zero-order valence-corrected chi connectivity index (χ0v) is 12.4. The molecule has 9 nitrogen and oxygen atoms in total. The van der Waals surface area contributed by atoms with Crippen LogP contribution in [-0.4, -0.2) is 45.9 Å². The molecule has 0 aliphatic rings. The third-order valence-corrected chi connectivity index (χ3v) is 3.36. The number of rotatable bonds is 4. The predicted molar refractivity (Wildman–Crippen MR) is 83.0 cm³/mol. The van der Waals surface area contributed by atoms with Gasteiger partial charge >= 0.3 is 19.1 Å². The summed E-state index contributed by atoms with van der Waals surface area (Å²) in [5.41, 5.74) is 5.07. The first-order chi connectivity index (χ1) is 11.3. The summed E-state index contributed by atoms with van der Waals surface area (Å²) in [5, 5.41) is 37.2. The largest absolute Gasteiger partial charge is 0.490 e. The maximum Gasteiger partial charge on any atom is 0.490 e. The van der Waals surface area contributed by atoms with E-state index >= 15 is 0 Å². The fourth-order valence-electron chi connectivity index (χ4n) is 2.21. The van der Waals surface area contributed by atoms with Gasteiger partial charge in [0.1, 0.15) is 6.07 Å². The standard InChI is InChI=1S/C14H12BN3O6/c1-24-14(21)12-11(17)8(5-16)6-18(12)10-4-7(13(19)20)2-3-9(10)15(22)23/h2-4,6,22-23H,17H2,1H3,(H,19,20). The van der Waals surface area contributed by atoms with Gasteiger partial charge in [-0.05, 0) is 12.1 Å². The lowest BCUT2D eigenvalue weighted by atomic mass is 9.78. The summed E-state index contributed by atoms with van der Waals surface area (Å²) < 4.78 is 5.72. The van der Waals surface area contributed by atoms with Crippen molar-refractivity contribution in [2.45, 2.75) is 0 Å². The fraction of sp³-hybridized carbons (Fsp3) is 0.0714. The second-order valence-corrected chi connectivity index (χ2v) is 4.73. The number of carbonyl (C=O) groups excluding carboxylic acids is 1. The second-order valence-electron chi connectivity index (χ2n) is 4.73. The van der Waals surface area contributed by atoms with Gasteiger partial charge in [-0.1, -0.05) is 6.07 Å². The van der Waals surface area contributed by atoms with E-state index in [4.69, 9.17) is 16.1 Å². The average Bonchev–Trinajstić information content (AvgIpc) is 2.89. The van der Waals surface area contributed by atoms with Gasteiger partial charge in [0, 0.05) is 17.3 Å². The molecule has 1 heterocycles. The number of hydrogen-bond acceptors (Lipinski definition) is 7. The Bertz CT molecular complexity index is 868. The average molecular weight is 329 g/mol. The number of aromatic nitrogens is 1. The zero-order chi connectivity index (χ0) is 18.0. The molecule has 2 aromatic rings. The molecule has 1 aromatic carbocycles. The highest BCUT2D eigenvalue weighted by Gasteiger charge is 2.26. The molecule has 0 aliphatic heterocycles. The second kappa shape index (κ2) is 6.45. The molecule has 1 aromatic heterocycles. The van der Waals surface area contributed by atoms with E-state index in [9.17, 15) is 19.6 Å². The molecule has 0 radical (unpaired) electrons. The number of nitrogens with zero attached hydrogens (tertiary/aromatic N) is 2. The summed E-state index contributed by atoms with van der Waals surface area (Å²) in [5.74, 6) is -2.12. The van der Waals surface area contributed by atoms with Gasteiger partial charge in [0.2, 0.25) is 0 Å². The van der Waals surface area contributed by atoms with Gasteiger partial charge in [0.05, 0.1) is 23.9 Å². The van der Waals surface area contributed by atoms with Crippen molar-refractivity contribution in [3.63, 3.8) is 0 Å². The topological polar surface area (TPSA) is 159 Å². The lowest BCUT2D eigenvalue weighted by Crippen LogP contribution is -2.34. The molecular formula is C14H12BN3O6. The van der Waals surface area contributed by atoms with Crippen molar-refractivity contribution >= 4 is 30.2 Å². The van der Waals surface area contributed by atoms with Gasteiger partial charge < -0.3 is 30.2 Å². The number of nitrogens with two attached hydrogens (primary N) is 1. The fourth-order valence-corrected chi connectivity index (χ4v) is 2.21. The van der Waals surface area contributed by atoms with E-state index < -0.39 is 19.1 Å². The highest BCUT2D eigenvalue weighted by Crippen LogP contribution is 2.24. The smallest absolute Gasteiger partial charge is 0.478 e. The van der Waals surface area contributed by atoms with Gasteiger partial charge in [-0.3, -0.25) is 0 Å². The quantitative estimate of drug-likeness (QED) is 0.415. The first kappa shape index (κ1) is 17.1. The number of carboxylic acid groups (broad SMARTS) is 1. The van der Waals surface area contributed by atoms with Crippen LogP contribution in [0.1, 0.15) is 26.4 Å². The summed E-state index contributed by atoms with van der Waals surface area (Å²) in [4.78, 5) is 23.1. The molecule has 122 valence electrons. The van der Waals surface area contributed by atoms with E-state index in [2.05, 4.69) is 4.74 Å². The Kier molecular flexibility index (Phi) is 4.59. The van der Waals surface area contributed by atoms with Crippen LogP contribution in [0.3, 0.4) is 0 Å². The Labute approximate surface area is 136 Å². The van der Waals surface area contributed by atoms with E-state index in [1.807, 2.05) is 0 Å². The zero-order valence-electron chi connectivity index (χ0n) is 12.4. The number of carboxylic acids is 1. The normalized spacial score (nSPS) is 10.1. The molecule has 0 fully saturated rings. The van der Waals surface area contributed by atoms with Crippen molar-refractivity contribution in [1.29, 1.82) is 5.26 Å². The Hall–Kier alpha value is -3.29. The Morgan fingerprint density at radius 1 is 1.38 bits per heavy atom. The number of anilines is 1. The molecule has 0 saturated heterocycles. The lowest BCUT2D eigenvalue weighted by molar-refractivity contribution is 0.0592. The third-order valence-electron chi connectivity index (χ3n) is 3.36. The summed E-state index contributed by atoms with van der Waals surface area (Å²) in [6.07, 6.45) is 1.19. The minimum atomic E-state index is -1.94. The van der Waals surface area contributed by atoms with Gasteiger partial charge in [-0.2, -0.15) is 5.26 Å². The van der Waals surface area contributed by atoms with Crippen molar-refractivity contribution < 1.29 is 29.5 Å². The van der Waals surface area contributed by atoms with Crippen LogP contribution < -0.4 is 11.2 Å². The third kappa shape index (κ3) is 2.81. The molecule has 0 spiro atoms. The summed E-state index contributed by atoms with van der Waals surface area (Å²) in [6.45, 7) is 0. The van der Waals surface area contributed by atoms with Crippen molar-refractivity contribution in [1.82, 2.24) is 4.57 Å². The van der Waals surface area contributed by atoms with E-state index in [-0.39, 0.29) is 33.7 Å². The molecule has 0 amide bonds. The monoisotopic (exact) mass is 329 g/mol. The number of nitriles is 1. The Morgan fingerprint density at radius 3 is 2.54 bits per heavy atom. The minimum absolute atomic E-state index is 0.0292. The van der Waals surface area contributed by atoms with Crippen LogP contribution in [0.2, 0.25) is 0 Å². The lowest BCUT2D eigenvalue weighted by Gasteiger charge is -2.14. The minimum Gasteiger partial charge on any atom is -0.478 e. The van der Waals surface area contributed by atoms with Crippen LogP contribution >= 0.6 is 0 Å². The molecule has 0 aliphatic carbocycles. The summed E-state index contributed by atoms with van der Waals surface area (Å²) in [7, 11) is -0.830. The SMILES string of the molecule is COC(=O)c1c(N)c(C#N)cn1-c1cc(C(=O)O)ccc1B(O)O. The molecule has 10 heteroatoms. The Morgan fingerprint density at radius 2 is 2.04 bits per heavy atom. The number of ether oxygens (including phenoxy) is 1. The number of aromatic carboxylic acids is 1. The van der Waals surface area contributed by atoms with Gasteiger partial charge in [-0.15, -0.1) is 0 Å². The number of nitrogen functional groups attached to an aromatic ring is 1. The molecule has 5 N–H and O–H groups in total. The van der Waals surface area contributed by atoms with Crippen LogP contribution in [0.4, 0.5) is 5.69 Å². The maximum atomic E-state index is 12.0. The van der Waals surface area contributed by atoms with Gasteiger partial charge in [0.25, 0.3) is 0 Å². The van der Waals surface area contributed by atoms with Crippen molar-refractivity contribution in [3.8, 4) is 11.8 Å². The highest BCUT2D eigenvalue weighted by atomic mass is 16.5. The molecule has 0 atom stereocenters. The number of esters is 1. The predicted octanol–water partition coefficient (Wildman–Crippen LogP) is -0.904. The van der Waals surface area contributed by atoms with Crippen LogP contribution in [0, 0.1) is 11.3 Å². The van der Waals surface area contributed by atoms with E-state index in [1.165, 1.54) is 18.3 Å². The van der Waals surface area contributed by atoms with Crippen LogP contribution in [0.5, 0.6) is 0 Å². The highest BCUT2D eigenvalue weighted by molar-refractivity contribution is 6.60. The van der Waals surface area contributed by atoms with Crippen molar-refractivity contribution in [2.75, 3.05) is 12.8 Å². The molecule has 0 unspecified atom stereocenters. The molecular weight excluding hydrogens is 317 g/mol. The van der Waals surface area contributed by atoms with Crippen LogP contribution in [0.15, 0.2) is 24.4 Å². The van der Waals surface area contributed by atoms with Crippen molar-refractivity contribution in [3.05, 3.63) is 41.2 Å². The molecule has 24 heavy (non-hydrogen) atoms. The number of carbonyl (C=O) groups is 2. The first-order valence-electron chi connectivity index (χ1n) is 6.54. The number of methoxy groups -OCH3 is 1. The first-order valence-corrected chi connectivity index (χ1v) is 6.54. The summed E-state index contributed by atoms with van der Waals surface area (Å²) in [6, 6.07) is 5.29. The van der Waals surface area contributed by atoms with Crippen LogP contribution in [0.25, 0.3) is 5.69 Å². The summed E-state index contributed by atoms with van der Waals surface area (Å²) >= 11 is 0. The number of benzene rings is 1. The van der Waals surface area contributed by atoms with E-state index in [0.29, 0.717) is 0 Å². The number of hydrogen-bond donors (Lipinski definition) is 4. The van der Waals surface area contributed by atoms with E-state index in [1.54, 1.807) is 6.07 Å². The Balaban J connectivity index is 2.85. The van der Waals surface area contributed by atoms with Crippen molar-refractivity contribution in [2.24, 2.45) is 0 Å².